The Bertz CT molecular complexity index is 1070. The summed E-state index contributed by atoms with van der Waals surface area (Å²) < 4.78 is 0. The molecule has 0 spiro atoms. The normalized spacial score (nSPS) is 26.4. The molecule has 0 radical (unpaired) electrons. The van der Waals surface area contributed by atoms with Gasteiger partial charge in [-0.05, 0) is 50.2 Å². The molecule has 2 aliphatic rings. The number of amides is 5. The number of hydrogen-bond donors (Lipinski definition) is 3. The van der Waals surface area contributed by atoms with Gasteiger partial charge in [0.25, 0.3) is 5.91 Å². The molecule has 0 aromatic heterocycles. The second-order valence-electron chi connectivity index (χ2n) is 10.9. The average molecular weight is 528 g/mol. The van der Waals surface area contributed by atoms with Crippen molar-refractivity contribution in [2.75, 3.05) is 18.9 Å². The number of nitrogens with one attached hydrogen (secondary N) is 3. The minimum Gasteiger partial charge on any atom is -0.343 e. The van der Waals surface area contributed by atoms with Crippen LogP contribution in [0.3, 0.4) is 0 Å². The van der Waals surface area contributed by atoms with Crippen LogP contribution in [-0.4, -0.2) is 77.1 Å². The maximum Gasteiger partial charge on any atom is 0.256 e. The molecule has 10 nitrogen and oxygen atoms in total. The van der Waals surface area contributed by atoms with Crippen LogP contribution < -0.4 is 16.0 Å². The lowest BCUT2D eigenvalue weighted by Crippen LogP contribution is -2.58. The Hall–Kier alpha value is -3.43. The highest BCUT2D eigenvalue weighted by atomic mass is 16.2. The monoisotopic (exact) mass is 527 g/mol. The van der Waals surface area contributed by atoms with Gasteiger partial charge in [0, 0.05) is 13.6 Å². The summed E-state index contributed by atoms with van der Waals surface area (Å²) in [6, 6.07) is 3.35. The number of hydrogen-bond acceptors (Lipinski definition) is 5. The Morgan fingerprint density at radius 3 is 2.32 bits per heavy atom. The van der Waals surface area contributed by atoms with E-state index < -0.39 is 41.9 Å². The zero-order chi connectivity index (χ0) is 28.1. The third-order valence-electron chi connectivity index (χ3n) is 7.57. The van der Waals surface area contributed by atoms with E-state index in [9.17, 15) is 24.0 Å². The molecule has 5 amide bonds. The Morgan fingerprint density at radius 2 is 1.66 bits per heavy atom. The topological polar surface area (TPSA) is 128 Å². The van der Waals surface area contributed by atoms with Gasteiger partial charge in [-0.1, -0.05) is 46.2 Å². The van der Waals surface area contributed by atoms with Crippen molar-refractivity contribution in [1.29, 1.82) is 0 Å². The lowest BCUT2D eigenvalue weighted by atomic mass is 9.97. The molecule has 0 bridgehead atoms. The molecular formula is C28H41N5O5. The van der Waals surface area contributed by atoms with Crippen LogP contribution in [0.4, 0.5) is 5.69 Å². The molecule has 5 atom stereocenters. The molecule has 1 aromatic carbocycles. The summed E-state index contributed by atoms with van der Waals surface area (Å²) in [5.74, 6) is -2.19. The standard InChI is InChI=1S/C28H41N5O5/c1-7-17(4)23-26(36)30-20-12-9-8-11-19(20)27(37)33-14-10-13-21(33)28(38)32(6)22(15-16(2)3)25(35)29-18(5)24(34)31-23/h8-9,11-12,16-18,21-23H,7,10,13-15H2,1-6H3,(H,29,35)(H,30,36)(H,31,34)/t17-,18+,21-,22+,23-/m0/s1. The van der Waals surface area contributed by atoms with Crippen LogP contribution >= 0.6 is 0 Å². The second kappa shape index (κ2) is 12.4. The summed E-state index contributed by atoms with van der Waals surface area (Å²) in [7, 11) is 1.58. The Morgan fingerprint density at radius 1 is 0.974 bits per heavy atom. The highest BCUT2D eigenvalue weighted by Gasteiger charge is 2.40. The van der Waals surface area contributed by atoms with Gasteiger partial charge in [0.15, 0.2) is 0 Å². The molecule has 1 fully saturated rings. The predicted octanol–water partition coefficient (Wildman–Crippen LogP) is 2.15. The molecule has 2 aliphatic heterocycles. The summed E-state index contributed by atoms with van der Waals surface area (Å²) >= 11 is 0. The van der Waals surface area contributed by atoms with Crippen molar-refractivity contribution in [2.24, 2.45) is 11.8 Å². The maximum absolute atomic E-state index is 13.7. The predicted molar refractivity (Wildman–Crippen MR) is 144 cm³/mol. The van der Waals surface area contributed by atoms with E-state index in [2.05, 4.69) is 16.0 Å². The van der Waals surface area contributed by atoms with Crippen molar-refractivity contribution in [3.63, 3.8) is 0 Å². The van der Waals surface area contributed by atoms with Gasteiger partial charge in [-0.25, -0.2) is 0 Å². The van der Waals surface area contributed by atoms with E-state index >= 15 is 0 Å². The van der Waals surface area contributed by atoms with Crippen LogP contribution in [0.15, 0.2) is 24.3 Å². The van der Waals surface area contributed by atoms with Crippen molar-refractivity contribution >= 4 is 35.2 Å². The van der Waals surface area contributed by atoms with E-state index in [1.807, 2.05) is 27.7 Å². The first-order chi connectivity index (χ1) is 18.0. The van der Waals surface area contributed by atoms with Crippen LogP contribution in [0.2, 0.25) is 0 Å². The number of carbonyl (C=O) groups excluding carboxylic acids is 5. The summed E-state index contributed by atoms with van der Waals surface area (Å²) in [5, 5.41) is 8.35. The van der Waals surface area contributed by atoms with Crippen molar-refractivity contribution < 1.29 is 24.0 Å². The first-order valence-electron chi connectivity index (χ1n) is 13.5. The first-order valence-corrected chi connectivity index (χ1v) is 13.5. The number of likely N-dealkylation sites (N-methyl/N-ethyl adjacent to an activating group) is 1. The lowest BCUT2D eigenvalue weighted by molar-refractivity contribution is -0.143. The number of nitrogens with zero attached hydrogens (tertiary/aromatic N) is 2. The fraction of sp³-hybridized carbons (Fsp3) is 0.607. The Kier molecular flexibility index (Phi) is 9.51. The van der Waals surface area contributed by atoms with Crippen LogP contribution in [-0.2, 0) is 19.2 Å². The molecule has 3 rings (SSSR count). The quantitative estimate of drug-likeness (QED) is 0.553. The van der Waals surface area contributed by atoms with E-state index in [-0.39, 0.29) is 29.2 Å². The van der Waals surface area contributed by atoms with Crippen molar-refractivity contribution in [3.8, 4) is 0 Å². The van der Waals surface area contributed by atoms with Crippen LogP contribution in [0.5, 0.6) is 0 Å². The third kappa shape index (κ3) is 6.34. The average Bonchev–Trinajstić information content (AvgIpc) is 3.38. The molecule has 1 saturated heterocycles. The van der Waals surface area contributed by atoms with E-state index in [0.717, 1.165) is 0 Å². The zero-order valence-corrected chi connectivity index (χ0v) is 23.2. The first kappa shape index (κ1) is 29.1. The van der Waals surface area contributed by atoms with E-state index in [4.69, 9.17) is 0 Å². The summed E-state index contributed by atoms with van der Waals surface area (Å²) in [6.45, 7) is 9.65. The van der Waals surface area contributed by atoms with E-state index in [1.54, 1.807) is 38.2 Å². The van der Waals surface area contributed by atoms with Gasteiger partial charge in [-0.15, -0.1) is 0 Å². The maximum atomic E-state index is 13.7. The third-order valence-corrected chi connectivity index (χ3v) is 7.57. The van der Waals surface area contributed by atoms with Gasteiger partial charge < -0.3 is 25.8 Å². The minimum absolute atomic E-state index is 0.0994. The molecule has 2 heterocycles. The van der Waals surface area contributed by atoms with E-state index in [1.165, 1.54) is 9.80 Å². The number of benzene rings is 1. The zero-order valence-electron chi connectivity index (χ0n) is 23.2. The fourth-order valence-corrected chi connectivity index (χ4v) is 5.04. The van der Waals surface area contributed by atoms with Crippen LogP contribution in [0, 0.1) is 11.8 Å². The molecule has 208 valence electrons. The molecule has 0 saturated carbocycles. The van der Waals surface area contributed by atoms with E-state index in [0.29, 0.717) is 37.9 Å². The summed E-state index contributed by atoms with van der Waals surface area (Å²) in [4.78, 5) is 70.2. The van der Waals surface area contributed by atoms with Gasteiger partial charge >= 0.3 is 0 Å². The molecular weight excluding hydrogens is 486 g/mol. The smallest absolute Gasteiger partial charge is 0.256 e. The van der Waals surface area contributed by atoms with Crippen LogP contribution in [0.1, 0.15) is 70.7 Å². The van der Waals surface area contributed by atoms with Gasteiger partial charge in [0.1, 0.15) is 24.2 Å². The minimum atomic E-state index is -0.926. The molecule has 10 heteroatoms. The summed E-state index contributed by atoms with van der Waals surface area (Å²) in [5.41, 5.74) is 0.594. The largest absolute Gasteiger partial charge is 0.343 e. The number of fused-ring (bicyclic) bond motifs is 2. The number of anilines is 1. The molecule has 0 aliphatic carbocycles. The Labute approximate surface area is 224 Å². The lowest BCUT2D eigenvalue weighted by Gasteiger charge is -2.34. The fourth-order valence-electron chi connectivity index (χ4n) is 5.04. The number of rotatable bonds is 4. The number of para-hydroxylation sites is 1. The van der Waals surface area contributed by atoms with Gasteiger partial charge in [-0.3, -0.25) is 24.0 Å². The molecule has 0 unspecified atom stereocenters. The highest BCUT2D eigenvalue weighted by molar-refractivity contribution is 6.07. The SMILES string of the molecule is CC[C@H](C)[C@@H]1NC(=O)[C@@H](C)NC(=O)[C@@H](CC(C)C)N(C)C(=O)[C@@H]2CCCN2C(=O)c2ccccc2NC1=O. The second-order valence-corrected chi connectivity index (χ2v) is 10.9. The molecule has 38 heavy (non-hydrogen) atoms. The number of carbonyl (C=O) groups is 5. The van der Waals surface area contributed by atoms with Gasteiger partial charge in [0.05, 0.1) is 11.3 Å². The van der Waals surface area contributed by atoms with Crippen molar-refractivity contribution in [3.05, 3.63) is 29.8 Å². The van der Waals surface area contributed by atoms with Crippen molar-refractivity contribution in [1.82, 2.24) is 20.4 Å². The van der Waals surface area contributed by atoms with Crippen molar-refractivity contribution in [2.45, 2.75) is 84.5 Å². The Balaban J connectivity index is 2.08. The summed E-state index contributed by atoms with van der Waals surface area (Å²) in [6.07, 6.45) is 2.15. The highest BCUT2D eigenvalue weighted by Crippen LogP contribution is 2.27. The molecule has 3 N–H and O–H groups in total. The van der Waals surface area contributed by atoms with Gasteiger partial charge in [0.2, 0.25) is 23.6 Å². The van der Waals surface area contributed by atoms with Crippen LogP contribution in [0.25, 0.3) is 0 Å². The molecule has 1 aromatic rings. The van der Waals surface area contributed by atoms with Gasteiger partial charge in [-0.2, -0.15) is 0 Å².